The van der Waals surface area contributed by atoms with Crippen LogP contribution in [0.4, 0.5) is 10.1 Å². The van der Waals surface area contributed by atoms with Crippen molar-refractivity contribution in [1.29, 1.82) is 0 Å². The molecule has 0 aromatic heterocycles. The standard InChI is InChI=1S/C16H25FN2/c1-5-14(11-18-16(2,3)4)19-9-8-12-6-7-13(17)10-15(12)19/h6-7,10,14,18H,5,8-9,11H2,1-4H3. The number of nitrogens with one attached hydrogen (secondary N) is 1. The Bertz CT molecular complexity index is 437. The third-order valence-corrected chi connectivity index (χ3v) is 3.76. The van der Waals surface area contributed by atoms with Gasteiger partial charge in [0.2, 0.25) is 0 Å². The molecule has 0 bridgehead atoms. The van der Waals surface area contributed by atoms with Gasteiger partial charge in [-0.15, -0.1) is 0 Å². The van der Waals surface area contributed by atoms with E-state index in [1.807, 2.05) is 6.07 Å². The Labute approximate surface area is 116 Å². The Kier molecular flexibility index (Phi) is 4.14. The number of benzene rings is 1. The number of anilines is 1. The minimum absolute atomic E-state index is 0.123. The average molecular weight is 264 g/mol. The Morgan fingerprint density at radius 1 is 1.37 bits per heavy atom. The summed E-state index contributed by atoms with van der Waals surface area (Å²) < 4.78 is 13.4. The largest absolute Gasteiger partial charge is 0.367 e. The molecule has 1 aliphatic heterocycles. The predicted octanol–water partition coefficient (Wildman–Crippen LogP) is 3.35. The summed E-state index contributed by atoms with van der Waals surface area (Å²) in [5, 5.41) is 3.56. The molecule has 2 rings (SSSR count). The first-order valence-corrected chi connectivity index (χ1v) is 7.21. The molecule has 106 valence electrons. The van der Waals surface area contributed by atoms with E-state index in [1.165, 1.54) is 5.56 Å². The number of nitrogens with zero attached hydrogens (tertiary/aromatic N) is 1. The van der Waals surface area contributed by atoms with Crippen molar-refractivity contribution in [2.24, 2.45) is 0 Å². The van der Waals surface area contributed by atoms with Crippen LogP contribution in [0.1, 0.15) is 39.7 Å². The van der Waals surface area contributed by atoms with Crippen molar-refractivity contribution in [3.63, 3.8) is 0 Å². The molecule has 0 fully saturated rings. The van der Waals surface area contributed by atoms with E-state index in [4.69, 9.17) is 0 Å². The maximum absolute atomic E-state index is 13.4. The summed E-state index contributed by atoms with van der Waals surface area (Å²) in [6.45, 7) is 10.7. The molecule has 0 amide bonds. The second kappa shape index (κ2) is 5.49. The van der Waals surface area contributed by atoms with E-state index in [2.05, 4.69) is 37.9 Å². The molecule has 0 spiro atoms. The minimum atomic E-state index is -0.135. The first-order chi connectivity index (χ1) is 8.90. The Hall–Kier alpha value is -1.09. The fourth-order valence-electron chi connectivity index (χ4n) is 2.66. The molecule has 1 aromatic rings. The van der Waals surface area contributed by atoms with E-state index in [-0.39, 0.29) is 11.4 Å². The van der Waals surface area contributed by atoms with Crippen molar-refractivity contribution in [3.8, 4) is 0 Å². The SMILES string of the molecule is CCC(CNC(C)(C)C)N1CCc2ccc(F)cc21. The highest BCUT2D eigenvalue weighted by Gasteiger charge is 2.26. The Morgan fingerprint density at radius 2 is 2.11 bits per heavy atom. The summed E-state index contributed by atoms with van der Waals surface area (Å²) in [5.74, 6) is -0.135. The minimum Gasteiger partial charge on any atom is -0.367 e. The van der Waals surface area contributed by atoms with Crippen molar-refractivity contribution in [2.45, 2.75) is 52.1 Å². The summed E-state index contributed by atoms with van der Waals surface area (Å²) in [6, 6.07) is 5.61. The van der Waals surface area contributed by atoms with Gasteiger partial charge in [-0.05, 0) is 51.3 Å². The molecule has 1 N–H and O–H groups in total. The molecule has 0 saturated carbocycles. The molecule has 1 atom stereocenters. The van der Waals surface area contributed by atoms with Gasteiger partial charge in [-0.2, -0.15) is 0 Å². The zero-order chi connectivity index (χ0) is 14.0. The van der Waals surface area contributed by atoms with E-state index in [1.54, 1.807) is 12.1 Å². The summed E-state index contributed by atoms with van der Waals surface area (Å²) in [6.07, 6.45) is 2.10. The molecule has 0 saturated heterocycles. The van der Waals surface area contributed by atoms with Gasteiger partial charge in [0.1, 0.15) is 5.82 Å². The van der Waals surface area contributed by atoms with Crippen molar-refractivity contribution in [3.05, 3.63) is 29.6 Å². The van der Waals surface area contributed by atoms with Gasteiger partial charge in [-0.3, -0.25) is 0 Å². The summed E-state index contributed by atoms with van der Waals surface area (Å²) in [4.78, 5) is 2.36. The van der Waals surface area contributed by atoms with Crippen molar-refractivity contribution < 1.29 is 4.39 Å². The molecular formula is C16H25FN2. The number of halogens is 1. The maximum atomic E-state index is 13.4. The van der Waals surface area contributed by atoms with Gasteiger partial charge in [0.15, 0.2) is 0 Å². The van der Waals surface area contributed by atoms with Crippen LogP contribution in [0.25, 0.3) is 0 Å². The monoisotopic (exact) mass is 264 g/mol. The van der Waals surface area contributed by atoms with Gasteiger partial charge in [0.25, 0.3) is 0 Å². The second-order valence-corrected chi connectivity index (χ2v) is 6.41. The van der Waals surface area contributed by atoms with E-state index in [9.17, 15) is 4.39 Å². The van der Waals surface area contributed by atoms with Crippen LogP contribution in [0.3, 0.4) is 0 Å². The van der Waals surface area contributed by atoms with Gasteiger partial charge in [-0.25, -0.2) is 4.39 Å². The van der Waals surface area contributed by atoms with Crippen LogP contribution in [0.2, 0.25) is 0 Å². The van der Waals surface area contributed by atoms with Gasteiger partial charge in [0.05, 0.1) is 0 Å². The number of fused-ring (bicyclic) bond motifs is 1. The van der Waals surface area contributed by atoms with E-state index >= 15 is 0 Å². The van der Waals surface area contributed by atoms with Crippen LogP contribution in [0.15, 0.2) is 18.2 Å². The molecule has 3 heteroatoms. The van der Waals surface area contributed by atoms with Gasteiger partial charge in [-0.1, -0.05) is 13.0 Å². The first kappa shape index (κ1) is 14.3. The molecule has 19 heavy (non-hydrogen) atoms. The van der Waals surface area contributed by atoms with Crippen LogP contribution in [0.5, 0.6) is 0 Å². The van der Waals surface area contributed by atoms with Crippen LogP contribution in [0, 0.1) is 5.82 Å². The van der Waals surface area contributed by atoms with E-state index < -0.39 is 0 Å². The summed E-state index contributed by atoms with van der Waals surface area (Å²) in [5.41, 5.74) is 2.48. The third-order valence-electron chi connectivity index (χ3n) is 3.76. The fraction of sp³-hybridized carbons (Fsp3) is 0.625. The lowest BCUT2D eigenvalue weighted by molar-refractivity contribution is 0.394. The summed E-state index contributed by atoms with van der Waals surface area (Å²) in [7, 11) is 0. The third kappa shape index (κ3) is 3.47. The maximum Gasteiger partial charge on any atom is 0.125 e. The Balaban J connectivity index is 2.11. The number of hydrogen-bond acceptors (Lipinski definition) is 2. The molecule has 0 radical (unpaired) electrons. The fourth-order valence-corrected chi connectivity index (χ4v) is 2.66. The lowest BCUT2D eigenvalue weighted by atomic mass is 10.1. The number of hydrogen-bond donors (Lipinski definition) is 1. The van der Waals surface area contributed by atoms with Gasteiger partial charge in [0, 0.05) is 30.4 Å². The highest BCUT2D eigenvalue weighted by molar-refractivity contribution is 5.59. The predicted molar refractivity (Wildman–Crippen MR) is 79.3 cm³/mol. The zero-order valence-corrected chi connectivity index (χ0v) is 12.5. The molecular weight excluding hydrogens is 239 g/mol. The molecule has 0 aliphatic carbocycles. The summed E-state index contributed by atoms with van der Waals surface area (Å²) >= 11 is 0. The normalized spacial score (nSPS) is 16.6. The van der Waals surface area contributed by atoms with Crippen LogP contribution in [-0.2, 0) is 6.42 Å². The van der Waals surface area contributed by atoms with Gasteiger partial charge >= 0.3 is 0 Å². The van der Waals surface area contributed by atoms with Gasteiger partial charge < -0.3 is 10.2 Å². The van der Waals surface area contributed by atoms with E-state index in [0.29, 0.717) is 6.04 Å². The lowest BCUT2D eigenvalue weighted by Crippen LogP contribution is -2.47. The molecule has 1 unspecified atom stereocenters. The highest BCUT2D eigenvalue weighted by Crippen LogP contribution is 2.31. The quantitative estimate of drug-likeness (QED) is 0.897. The van der Waals surface area contributed by atoms with Crippen molar-refractivity contribution in [1.82, 2.24) is 5.32 Å². The lowest BCUT2D eigenvalue weighted by Gasteiger charge is -2.32. The smallest absolute Gasteiger partial charge is 0.125 e. The van der Waals surface area contributed by atoms with Crippen molar-refractivity contribution >= 4 is 5.69 Å². The molecule has 1 aliphatic rings. The highest BCUT2D eigenvalue weighted by atomic mass is 19.1. The van der Waals surface area contributed by atoms with Crippen LogP contribution in [-0.4, -0.2) is 24.7 Å². The second-order valence-electron chi connectivity index (χ2n) is 6.41. The molecule has 2 nitrogen and oxygen atoms in total. The molecule has 1 aromatic carbocycles. The first-order valence-electron chi connectivity index (χ1n) is 7.21. The topological polar surface area (TPSA) is 15.3 Å². The number of rotatable bonds is 4. The van der Waals surface area contributed by atoms with Crippen LogP contribution < -0.4 is 10.2 Å². The zero-order valence-electron chi connectivity index (χ0n) is 12.5. The molecule has 1 heterocycles. The van der Waals surface area contributed by atoms with Crippen molar-refractivity contribution in [2.75, 3.05) is 18.0 Å². The Morgan fingerprint density at radius 3 is 2.74 bits per heavy atom. The van der Waals surface area contributed by atoms with E-state index in [0.717, 1.165) is 31.6 Å². The van der Waals surface area contributed by atoms with Crippen LogP contribution >= 0.6 is 0 Å². The average Bonchev–Trinajstić information content (AvgIpc) is 2.72.